The summed E-state index contributed by atoms with van der Waals surface area (Å²) in [7, 11) is 1.26. The molecule has 0 aromatic rings. The Bertz CT molecular complexity index is 254. The molecule has 0 amide bonds. The second-order valence-electron chi connectivity index (χ2n) is 4.83. The van der Waals surface area contributed by atoms with E-state index in [1.54, 1.807) is 0 Å². The van der Waals surface area contributed by atoms with Crippen molar-refractivity contribution in [3.63, 3.8) is 0 Å². The summed E-state index contributed by atoms with van der Waals surface area (Å²) in [5.74, 6) is -0.450. The summed E-state index contributed by atoms with van der Waals surface area (Å²) >= 11 is 0. The Labute approximate surface area is 96.0 Å². The van der Waals surface area contributed by atoms with Gasteiger partial charge in [0.1, 0.15) is 0 Å². The molecule has 1 saturated heterocycles. The van der Waals surface area contributed by atoms with Crippen LogP contribution >= 0.6 is 0 Å². The molecule has 1 rings (SSSR count). The molecular formula is C11H21NO4. The number of likely N-dealkylation sites (tertiary alicyclic amines) is 1. The Morgan fingerprint density at radius 2 is 2.25 bits per heavy atom. The molecule has 5 nitrogen and oxygen atoms in total. The number of nitrogens with zero attached hydrogens (tertiary/aromatic N) is 1. The van der Waals surface area contributed by atoms with E-state index in [-0.39, 0.29) is 18.6 Å². The Kier molecular flexibility index (Phi) is 4.29. The number of esters is 1. The van der Waals surface area contributed by atoms with Gasteiger partial charge in [-0.3, -0.25) is 4.90 Å². The maximum Gasteiger partial charge on any atom is 0.338 e. The highest BCUT2D eigenvalue weighted by Gasteiger charge is 2.35. The largest absolute Gasteiger partial charge is 0.467 e. The molecule has 1 heterocycles. The Morgan fingerprint density at radius 1 is 1.62 bits per heavy atom. The van der Waals surface area contributed by atoms with Crippen LogP contribution in [0.3, 0.4) is 0 Å². The highest BCUT2D eigenvalue weighted by Crippen LogP contribution is 2.19. The maximum atomic E-state index is 11.3. The van der Waals surface area contributed by atoms with Crippen LogP contribution in [0.25, 0.3) is 0 Å². The standard InChI is InChI=1S/C11H21NO4/c1-8-6-12(5-4-9(8)13)7-11(2,15)10(14)16-3/h8-9,13,15H,4-7H2,1-3H3. The van der Waals surface area contributed by atoms with Gasteiger partial charge in [-0.25, -0.2) is 4.79 Å². The smallest absolute Gasteiger partial charge is 0.338 e. The lowest BCUT2D eigenvalue weighted by atomic mass is 9.95. The molecule has 1 aliphatic heterocycles. The number of aliphatic hydroxyl groups is 2. The molecule has 16 heavy (non-hydrogen) atoms. The predicted molar refractivity (Wildman–Crippen MR) is 58.9 cm³/mol. The van der Waals surface area contributed by atoms with Crippen molar-refractivity contribution in [1.82, 2.24) is 4.90 Å². The van der Waals surface area contributed by atoms with E-state index >= 15 is 0 Å². The second kappa shape index (κ2) is 5.12. The number of rotatable bonds is 3. The SMILES string of the molecule is COC(=O)C(C)(O)CN1CCC(O)C(C)C1. The van der Waals surface area contributed by atoms with E-state index in [2.05, 4.69) is 4.74 Å². The van der Waals surface area contributed by atoms with Gasteiger partial charge in [-0.1, -0.05) is 6.92 Å². The molecule has 0 radical (unpaired) electrons. The van der Waals surface area contributed by atoms with Crippen LogP contribution in [0.5, 0.6) is 0 Å². The van der Waals surface area contributed by atoms with E-state index in [9.17, 15) is 15.0 Å². The average molecular weight is 231 g/mol. The molecule has 0 aromatic heterocycles. The van der Waals surface area contributed by atoms with Crippen LogP contribution in [-0.4, -0.2) is 59.5 Å². The van der Waals surface area contributed by atoms with Crippen LogP contribution in [-0.2, 0) is 9.53 Å². The lowest BCUT2D eigenvalue weighted by molar-refractivity contribution is -0.163. The van der Waals surface area contributed by atoms with Crippen LogP contribution in [0.4, 0.5) is 0 Å². The van der Waals surface area contributed by atoms with Crippen molar-refractivity contribution < 1.29 is 19.7 Å². The molecule has 2 N–H and O–H groups in total. The Hall–Kier alpha value is -0.650. The van der Waals surface area contributed by atoms with Gasteiger partial charge in [0.2, 0.25) is 0 Å². The van der Waals surface area contributed by atoms with Gasteiger partial charge in [0.25, 0.3) is 0 Å². The van der Waals surface area contributed by atoms with Crippen molar-refractivity contribution in [2.45, 2.75) is 32.0 Å². The summed E-state index contributed by atoms with van der Waals surface area (Å²) in [6, 6.07) is 0. The third-order valence-electron chi connectivity index (χ3n) is 3.10. The van der Waals surface area contributed by atoms with Crippen molar-refractivity contribution in [2.75, 3.05) is 26.7 Å². The van der Waals surface area contributed by atoms with E-state index in [1.807, 2.05) is 11.8 Å². The fraction of sp³-hybridized carbons (Fsp3) is 0.909. The number of carbonyl (C=O) groups is 1. The molecule has 0 aromatic carbocycles. The first-order valence-corrected chi connectivity index (χ1v) is 5.58. The van der Waals surface area contributed by atoms with Gasteiger partial charge in [0.15, 0.2) is 5.60 Å². The zero-order valence-electron chi connectivity index (χ0n) is 10.1. The molecule has 0 spiro atoms. The van der Waals surface area contributed by atoms with E-state index in [0.717, 1.165) is 0 Å². The molecule has 0 bridgehead atoms. The zero-order valence-corrected chi connectivity index (χ0v) is 10.1. The van der Waals surface area contributed by atoms with Crippen molar-refractivity contribution in [1.29, 1.82) is 0 Å². The summed E-state index contributed by atoms with van der Waals surface area (Å²) in [5, 5.41) is 19.5. The first kappa shape index (κ1) is 13.4. The average Bonchev–Trinajstić information content (AvgIpc) is 2.22. The lowest BCUT2D eigenvalue weighted by Crippen LogP contribution is -2.52. The lowest BCUT2D eigenvalue weighted by Gasteiger charge is -2.37. The number of hydrogen-bond acceptors (Lipinski definition) is 5. The predicted octanol–water partition coefficient (Wildman–Crippen LogP) is -0.387. The highest BCUT2D eigenvalue weighted by molar-refractivity contribution is 5.78. The minimum atomic E-state index is -1.48. The first-order chi connectivity index (χ1) is 7.36. The fourth-order valence-electron chi connectivity index (χ4n) is 2.08. The van der Waals surface area contributed by atoms with Gasteiger partial charge >= 0.3 is 5.97 Å². The molecule has 94 valence electrons. The fourth-order valence-corrected chi connectivity index (χ4v) is 2.08. The van der Waals surface area contributed by atoms with Crippen LogP contribution in [0.1, 0.15) is 20.3 Å². The van der Waals surface area contributed by atoms with Crippen molar-refractivity contribution in [3.05, 3.63) is 0 Å². The Balaban J connectivity index is 2.51. The Morgan fingerprint density at radius 3 is 2.75 bits per heavy atom. The van der Waals surface area contributed by atoms with Crippen molar-refractivity contribution >= 4 is 5.97 Å². The molecule has 1 fully saturated rings. The van der Waals surface area contributed by atoms with Crippen molar-refractivity contribution in [2.24, 2.45) is 5.92 Å². The van der Waals surface area contributed by atoms with Crippen LogP contribution in [0.15, 0.2) is 0 Å². The van der Waals surface area contributed by atoms with Gasteiger partial charge in [-0.05, 0) is 19.3 Å². The number of aliphatic hydroxyl groups excluding tert-OH is 1. The minimum Gasteiger partial charge on any atom is -0.467 e. The van der Waals surface area contributed by atoms with Crippen molar-refractivity contribution in [3.8, 4) is 0 Å². The molecule has 5 heteroatoms. The summed E-state index contributed by atoms with van der Waals surface area (Å²) < 4.78 is 4.54. The van der Waals surface area contributed by atoms with Gasteiger partial charge < -0.3 is 14.9 Å². The van der Waals surface area contributed by atoms with E-state index in [4.69, 9.17) is 0 Å². The number of hydrogen-bond donors (Lipinski definition) is 2. The molecule has 0 aliphatic carbocycles. The minimum absolute atomic E-state index is 0.169. The van der Waals surface area contributed by atoms with E-state index in [1.165, 1.54) is 14.0 Å². The quantitative estimate of drug-likeness (QED) is 0.648. The van der Waals surface area contributed by atoms with Gasteiger partial charge in [-0.2, -0.15) is 0 Å². The van der Waals surface area contributed by atoms with Crippen LogP contribution in [0.2, 0.25) is 0 Å². The molecule has 0 saturated carbocycles. The van der Waals surface area contributed by atoms with Gasteiger partial charge in [-0.15, -0.1) is 0 Å². The number of carbonyl (C=O) groups excluding carboxylic acids is 1. The first-order valence-electron chi connectivity index (χ1n) is 5.58. The zero-order chi connectivity index (χ0) is 12.3. The second-order valence-corrected chi connectivity index (χ2v) is 4.83. The van der Waals surface area contributed by atoms with E-state index in [0.29, 0.717) is 19.5 Å². The number of ether oxygens (including phenoxy) is 1. The normalized spacial score (nSPS) is 30.8. The van der Waals surface area contributed by atoms with E-state index < -0.39 is 11.6 Å². The third-order valence-corrected chi connectivity index (χ3v) is 3.10. The molecular weight excluding hydrogens is 210 g/mol. The summed E-state index contributed by atoms with van der Waals surface area (Å²) in [4.78, 5) is 13.3. The highest BCUT2D eigenvalue weighted by atomic mass is 16.5. The summed E-state index contributed by atoms with van der Waals surface area (Å²) in [6.07, 6.45) is 0.401. The van der Waals surface area contributed by atoms with Crippen LogP contribution in [0, 0.1) is 5.92 Å². The number of β-amino-alcohol motifs (C(OH)–C–C–N with tert-alkyl or cyclic N) is 1. The summed E-state index contributed by atoms with van der Waals surface area (Å²) in [5.41, 5.74) is -1.48. The topological polar surface area (TPSA) is 70.0 Å². The van der Waals surface area contributed by atoms with Gasteiger partial charge in [0.05, 0.1) is 13.2 Å². The van der Waals surface area contributed by atoms with Crippen LogP contribution < -0.4 is 0 Å². The number of piperidine rings is 1. The number of methoxy groups -OCH3 is 1. The molecule has 3 atom stereocenters. The summed E-state index contributed by atoms with van der Waals surface area (Å²) in [6.45, 7) is 5.04. The third kappa shape index (κ3) is 3.17. The maximum absolute atomic E-state index is 11.3. The monoisotopic (exact) mass is 231 g/mol. The molecule has 3 unspecified atom stereocenters. The molecule has 1 aliphatic rings. The van der Waals surface area contributed by atoms with Gasteiger partial charge in [0, 0.05) is 19.6 Å².